The lowest BCUT2D eigenvalue weighted by Crippen LogP contribution is -2.23. The lowest BCUT2D eigenvalue weighted by atomic mass is 10.3. The number of hydrogen-bond donors (Lipinski definition) is 1. The number of carbonyl (C=O) groups excluding carboxylic acids is 1. The average molecular weight is 296 g/mol. The van der Waals surface area contributed by atoms with Crippen molar-refractivity contribution < 1.29 is 4.79 Å². The predicted octanol–water partition coefficient (Wildman–Crippen LogP) is 2.51. The third-order valence-corrected chi connectivity index (χ3v) is 3.08. The van der Waals surface area contributed by atoms with Gasteiger partial charge in [-0.05, 0) is 34.5 Å². The zero-order valence-electron chi connectivity index (χ0n) is 9.61. The van der Waals surface area contributed by atoms with Crippen LogP contribution in [-0.2, 0) is 11.3 Å². The summed E-state index contributed by atoms with van der Waals surface area (Å²) in [5.41, 5.74) is 1.01. The van der Waals surface area contributed by atoms with E-state index in [1.165, 1.54) is 0 Å². The maximum absolute atomic E-state index is 11.4. The number of hydrogen-bond acceptors (Lipinski definition) is 2. The Balaban J connectivity index is 2.16. The van der Waals surface area contributed by atoms with Gasteiger partial charge in [0.1, 0.15) is 10.4 Å². The highest BCUT2D eigenvalue weighted by Crippen LogP contribution is 2.18. The number of halogens is 1. The molecule has 2 heterocycles. The van der Waals surface area contributed by atoms with Gasteiger partial charge in [-0.1, -0.05) is 13.0 Å². The van der Waals surface area contributed by atoms with Crippen LogP contribution in [-0.4, -0.2) is 15.3 Å². The lowest BCUT2D eigenvalue weighted by molar-refractivity contribution is -0.121. The molecule has 4 nitrogen and oxygen atoms in total. The molecule has 2 aromatic heterocycles. The van der Waals surface area contributed by atoms with Gasteiger partial charge in [0.25, 0.3) is 0 Å². The summed E-state index contributed by atoms with van der Waals surface area (Å²) in [4.78, 5) is 15.8. The predicted molar refractivity (Wildman–Crippen MR) is 69.6 cm³/mol. The number of rotatable bonds is 4. The van der Waals surface area contributed by atoms with Gasteiger partial charge >= 0.3 is 0 Å². The standard InChI is InChI=1S/C12H14BrN3O/c1-2-5-11(17)14-8-10-15-12(13)9-6-3-4-7-16(9)10/h3-4,6-7H,2,5,8H2,1H3,(H,14,17). The second kappa shape index (κ2) is 5.31. The van der Waals surface area contributed by atoms with Gasteiger partial charge in [0.05, 0.1) is 12.1 Å². The van der Waals surface area contributed by atoms with E-state index in [1.54, 1.807) is 0 Å². The minimum Gasteiger partial charge on any atom is -0.349 e. The van der Waals surface area contributed by atoms with Crippen molar-refractivity contribution in [3.63, 3.8) is 0 Å². The van der Waals surface area contributed by atoms with E-state index in [0.29, 0.717) is 13.0 Å². The molecule has 2 aromatic rings. The fraction of sp³-hybridized carbons (Fsp3) is 0.333. The topological polar surface area (TPSA) is 46.4 Å². The van der Waals surface area contributed by atoms with Gasteiger partial charge in [-0.3, -0.25) is 4.79 Å². The summed E-state index contributed by atoms with van der Waals surface area (Å²) in [6.45, 7) is 2.44. The number of aromatic nitrogens is 2. The minimum absolute atomic E-state index is 0.0660. The molecule has 0 bridgehead atoms. The van der Waals surface area contributed by atoms with Gasteiger partial charge in [0, 0.05) is 12.6 Å². The molecule has 0 radical (unpaired) electrons. The van der Waals surface area contributed by atoms with Crippen LogP contribution in [0.1, 0.15) is 25.6 Å². The summed E-state index contributed by atoms with van der Waals surface area (Å²) in [7, 11) is 0. The smallest absolute Gasteiger partial charge is 0.220 e. The van der Waals surface area contributed by atoms with E-state index in [2.05, 4.69) is 26.2 Å². The van der Waals surface area contributed by atoms with E-state index in [1.807, 2.05) is 35.7 Å². The number of nitrogens with zero attached hydrogens (tertiary/aromatic N) is 2. The van der Waals surface area contributed by atoms with Crippen LogP contribution in [0, 0.1) is 0 Å². The van der Waals surface area contributed by atoms with Crippen molar-refractivity contribution in [2.45, 2.75) is 26.3 Å². The maximum atomic E-state index is 11.4. The molecule has 2 rings (SSSR count). The molecule has 0 aliphatic heterocycles. The molecule has 0 aliphatic rings. The van der Waals surface area contributed by atoms with Crippen LogP contribution in [0.15, 0.2) is 29.0 Å². The van der Waals surface area contributed by atoms with Crippen LogP contribution in [0.5, 0.6) is 0 Å². The van der Waals surface area contributed by atoms with E-state index in [-0.39, 0.29) is 5.91 Å². The Hall–Kier alpha value is -1.36. The van der Waals surface area contributed by atoms with E-state index in [0.717, 1.165) is 22.4 Å². The zero-order chi connectivity index (χ0) is 12.3. The van der Waals surface area contributed by atoms with Gasteiger partial charge < -0.3 is 9.72 Å². The molecule has 5 heteroatoms. The van der Waals surface area contributed by atoms with Crippen LogP contribution in [0.4, 0.5) is 0 Å². The Morgan fingerprint density at radius 1 is 1.53 bits per heavy atom. The Labute approximate surface area is 108 Å². The van der Waals surface area contributed by atoms with Crippen LogP contribution in [0.2, 0.25) is 0 Å². The molecule has 0 saturated carbocycles. The lowest BCUT2D eigenvalue weighted by Gasteiger charge is -2.03. The Morgan fingerprint density at radius 3 is 3.12 bits per heavy atom. The molecule has 90 valence electrons. The van der Waals surface area contributed by atoms with Gasteiger partial charge in [0.15, 0.2) is 0 Å². The summed E-state index contributed by atoms with van der Waals surface area (Å²) in [5, 5.41) is 2.86. The van der Waals surface area contributed by atoms with Crippen molar-refractivity contribution in [2.75, 3.05) is 0 Å². The van der Waals surface area contributed by atoms with Crippen molar-refractivity contribution in [1.82, 2.24) is 14.7 Å². The van der Waals surface area contributed by atoms with Crippen molar-refractivity contribution in [3.8, 4) is 0 Å². The monoisotopic (exact) mass is 295 g/mol. The largest absolute Gasteiger partial charge is 0.349 e. The Morgan fingerprint density at radius 2 is 2.35 bits per heavy atom. The Bertz CT molecular complexity index is 536. The van der Waals surface area contributed by atoms with Crippen molar-refractivity contribution >= 4 is 27.4 Å². The first-order chi connectivity index (χ1) is 8.22. The van der Waals surface area contributed by atoms with Crippen molar-refractivity contribution in [1.29, 1.82) is 0 Å². The molecule has 0 spiro atoms. The fourth-order valence-corrected chi connectivity index (χ4v) is 2.21. The number of pyridine rings is 1. The molecule has 0 aromatic carbocycles. The average Bonchev–Trinajstić information content (AvgIpc) is 2.65. The summed E-state index contributed by atoms with van der Waals surface area (Å²) in [5.74, 6) is 0.897. The number of amides is 1. The molecule has 0 fully saturated rings. The Kier molecular flexibility index (Phi) is 3.78. The molecule has 0 saturated heterocycles. The highest BCUT2D eigenvalue weighted by molar-refractivity contribution is 9.10. The van der Waals surface area contributed by atoms with Crippen LogP contribution >= 0.6 is 15.9 Å². The molecule has 0 atom stereocenters. The van der Waals surface area contributed by atoms with Crippen LogP contribution in [0.3, 0.4) is 0 Å². The molecule has 0 aliphatic carbocycles. The van der Waals surface area contributed by atoms with Crippen LogP contribution < -0.4 is 5.32 Å². The maximum Gasteiger partial charge on any atom is 0.220 e. The molecule has 17 heavy (non-hydrogen) atoms. The van der Waals surface area contributed by atoms with Gasteiger partial charge in [-0.25, -0.2) is 4.98 Å². The first-order valence-electron chi connectivity index (χ1n) is 5.60. The number of fused-ring (bicyclic) bond motifs is 1. The van der Waals surface area contributed by atoms with E-state index >= 15 is 0 Å². The quantitative estimate of drug-likeness (QED) is 0.942. The summed E-state index contributed by atoms with van der Waals surface area (Å²) in [6.07, 6.45) is 3.36. The van der Waals surface area contributed by atoms with Crippen molar-refractivity contribution in [3.05, 3.63) is 34.8 Å². The fourth-order valence-electron chi connectivity index (χ4n) is 1.68. The number of imidazole rings is 1. The second-order valence-electron chi connectivity index (χ2n) is 3.80. The summed E-state index contributed by atoms with van der Waals surface area (Å²) < 4.78 is 2.77. The zero-order valence-corrected chi connectivity index (χ0v) is 11.2. The van der Waals surface area contributed by atoms with Gasteiger partial charge in [0.2, 0.25) is 5.91 Å². The second-order valence-corrected chi connectivity index (χ2v) is 4.55. The van der Waals surface area contributed by atoms with E-state index in [4.69, 9.17) is 0 Å². The highest BCUT2D eigenvalue weighted by Gasteiger charge is 2.08. The van der Waals surface area contributed by atoms with E-state index < -0.39 is 0 Å². The van der Waals surface area contributed by atoms with Crippen LogP contribution in [0.25, 0.3) is 5.52 Å². The molecule has 0 unspecified atom stereocenters. The number of nitrogens with one attached hydrogen (secondary N) is 1. The number of carbonyl (C=O) groups is 1. The van der Waals surface area contributed by atoms with Crippen molar-refractivity contribution in [2.24, 2.45) is 0 Å². The van der Waals surface area contributed by atoms with E-state index in [9.17, 15) is 4.79 Å². The highest BCUT2D eigenvalue weighted by atomic mass is 79.9. The molecular formula is C12H14BrN3O. The first kappa shape index (κ1) is 12.1. The van der Waals surface area contributed by atoms with Gasteiger partial charge in [-0.2, -0.15) is 0 Å². The first-order valence-corrected chi connectivity index (χ1v) is 6.40. The van der Waals surface area contributed by atoms with Gasteiger partial charge in [-0.15, -0.1) is 0 Å². The third-order valence-electron chi connectivity index (χ3n) is 2.50. The molecular weight excluding hydrogens is 282 g/mol. The normalized spacial score (nSPS) is 10.7. The minimum atomic E-state index is 0.0660. The summed E-state index contributed by atoms with van der Waals surface area (Å²) >= 11 is 3.41. The molecule has 1 amide bonds. The SMILES string of the molecule is CCCC(=O)NCc1nc(Br)c2ccccn12. The molecule has 1 N–H and O–H groups in total. The summed E-state index contributed by atoms with van der Waals surface area (Å²) in [6, 6.07) is 5.88. The third kappa shape index (κ3) is 2.66.